The number of carbonyl (C=O) groups is 1. The number of hydrogen-bond donors (Lipinski definition) is 1. The van der Waals surface area contributed by atoms with Crippen LogP contribution in [0.15, 0.2) is 6.20 Å². The van der Waals surface area contributed by atoms with Gasteiger partial charge in [-0.25, -0.2) is 4.79 Å². The Labute approximate surface area is 73.6 Å². The van der Waals surface area contributed by atoms with E-state index < -0.39 is 5.97 Å². The molecule has 64 valence electrons. The molecule has 0 fully saturated rings. The summed E-state index contributed by atoms with van der Waals surface area (Å²) in [5.41, 5.74) is 1.20. The Morgan fingerprint density at radius 2 is 2.58 bits per heavy atom. The third kappa shape index (κ3) is 1.10. The fourth-order valence-electron chi connectivity index (χ4n) is 1.25. The van der Waals surface area contributed by atoms with Crippen LogP contribution in [0.3, 0.4) is 0 Å². The van der Waals surface area contributed by atoms with Gasteiger partial charge in [-0.3, -0.25) is 4.68 Å². The zero-order valence-electron chi connectivity index (χ0n) is 6.36. The third-order valence-electron chi connectivity index (χ3n) is 1.87. The van der Waals surface area contributed by atoms with Crippen LogP contribution in [0.1, 0.15) is 16.1 Å². The van der Waals surface area contributed by atoms with E-state index in [2.05, 4.69) is 5.10 Å². The molecule has 0 unspecified atom stereocenters. The Balaban J connectivity index is 2.44. The van der Waals surface area contributed by atoms with Crippen molar-refractivity contribution < 1.29 is 9.90 Å². The molecule has 0 saturated heterocycles. The molecule has 0 aromatic carbocycles. The first-order valence-electron chi connectivity index (χ1n) is 3.65. The van der Waals surface area contributed by atoms with E-state index in [-0.39, 0.29) is 0 Å². The van der Waals surface area contributed by atoms with Gasteiger partial charge in [-0.1, -0.05) is 0 Å². The van der Waals surface area contributed by atoms with Crippen LogP contribution in [0.2, 0.25) is 0 Å². The minimum Gasteiger partial charge on any atom is -0.478 e. The highest BCUT2D eigenvalue weighted by Gasteiger charge is 2.18. The van der Waals surface area contributed by atoms with Crippen LogP contribution in [0, 0.1) is 0 Å². The molecule has 1 aromatic rings. The number of thioether (sulfide) groups is 1. The molecule has 0 amide bonds. The summed E-state index contributed by atoms with van der Waals surface area (Å²) in [6, 6.07) is 0. The molecule has 0 spiro atoms. The Bertz CT molecular complexity index is 321. The van der Waals surface area contributed by atoms with E-state index in [1.54, 1.807) is 16.4 Å². The number of aromatic carboxylic acids is 1. The molecule has 0 radical (unpaired) electrons. The maximum absolute atomic E-state index is 10.7. The summed E-state index contributed by atoms with van der Waals surface area (Å²) < 4.78 is 1.78. The van der Waals surface area contributed by atoms with Gasteiger partial charge in [0.15, 0.2) is 0 Å². The summed E-state index contributed by atoms with van der Waals surface area (Å²) in [7, 11) is 0. The largest absolute Gasteiger partial charge is 0.478 e. The van der Waals surface area contributed by atoms with Gasteiger partial charge in [0.05, 0.1) is 18.4 Å². The molecule has 1 aliphatic rings. The first kappa shape index (κ1) is 7.67. The topological polar surface area (TPSA) is 55.1 Å². The van der Waals surface area contributed by atoms with Crippen molar-refractivity contribution in [2.75, 3.05) is 5.75 Å². The summed E-state index contributed by atoms with van der Waals surface area (Å²) in [6.07, 6.45) is 1.43. The van der Waals surface area contributed by atoms with Gasteiger partial charge in [0.2, 0.25) is 0 Å². The summed E-state index contributed by atoms with van der Waals surface area (Å²) in [4.78, 5) is 10.7. The van der Waals surface area contributed by atoms with Crippen LogP contribution in [-0.4, -0.2) is 26.6 Å². The minimum absolute atomic E-state index is 0.349. The van der Waals surface area contributed by atoms with Crippen LogP contribution < -0.4 is 0 Å². The second kappa shape index (κ2) is 2.82. The molecule has 2 heterocycles. The monoisotopic (exact) mass is 184 g/mol. The lowest BCUT2D eigenvalue weighted by molar-refractivity contribution is 0.0696. The summed E-state index contributed by atoms with van der Waals surface area (Å²) >= 11 is 1.75. The molecule has 1 N–H and O–H groups in total. The Hall–Kier alpha value is -0.970. The smallest absolute Gasteiger partial charge is 0.339 e. The van der Waals surface area contributed by atoms with E-state index in [1.165, 1.54) is 6.20 Å². The first-order chi connectivity index (χ1) is 5.79. The van der Waals surface area contributed by atoms with E-state index >= 15 is 0 Å². The average molecular weight is 184 g/mol. The molecule has 2 rings (SSSR count). The van der Waals surface area contributed by atoms with Crippen molar-refractivity contribution >= 4 is 17.7 Å². The van der Waals surface area contributed by atoms with E-state index in [9.17, 15) is 4.79 Å². The fraction of sp³-hybridized carbons (Fsp3) is 0.429. The normalized spacial score (nSPS) is 15.7. The first-order valence-corrected chi connectivity index (χ1v) is 4.80. The lowest BCUT2D eigenvalue weighted by Gasteiger charge is -2.12. The predicted molar refractivity (Wildman–Crippen MR) is 45.3 cm³/mol. The minimum atomic E-state index is -0.876. The van der Waals surface area contributed by atoms with E-state index in [0.29, 0.717) is 5.56 Å². The Kier molecular flexibility index (Phi) is 1.80. The van der Waals surface area contributed by atoms with Crippen molar-refractivity contribution in [2.24, 2.45) is 0 Å². The number of nitrogens with zero attached hydrogens (tertiary/aromatic N) is 2. The van der Waals surface area contributed by atoms with Crippen LogP contribution in [0.5, 0.6) is 0 Å². The predicted octanol–water partition coefficient (Wildman–Crippen LogP) is 0.828. The van der Waals surface area contributed by atoms with Crippen molar-refractivity contribution in [1.29, 1.82) is 0 Å². The van der Waals surface area contributed by atoms with Gasteiger partial charge >= 0.3 is 5.97 Å². The zero-order valence-corrected chi connectivity index (χ0v) is 7.17. The molecular formula is C7H8N2O2S. The highest BCUT2D eigenvalue weighted by molar-refractivity contribution is 7.98. The molecule has 1 aromatic heterocycles. The molecule has 0 atom stereocenters. The van der Waals surface area contributed by atoms with Crippen LogP contribution in [0.4, 0.5) is 0 Å². The van der Waals surface area contributed by atoms with Gasteiger partial charge in [-0.15, -0.1) is 0 Å². The lowest BCUT2D eigenvalue weighted by atomic mass is 10.2. The standard InChI is InChI=1S/C7H8N2O2S/c10-7(11)5-3-8-9-1-2-12-4-6(5)9/h3H,1-2,4H2,(H,10,11). The highest BCUT2D eigenvalue weighted by atomic mass is 32.2. The molecule has 0 aliphatic carbocycles. The number of fused-ring (bicyclic) bond motifs is 1. The van der Waals surface area contributed by atoms with Crippen molar-refractivity contribution in [2.45, 2.75) is 12.3 Å². The van der Waals surface area contributed by atoms with Crippen LogP contribution in [-0.2, 0) is 12.3 Å². The second-order valence-electron chi connectivity index (χ2n) is 2.59. The summed E-state index contributed by atoms with van der Waals surface area (Å²) in [5, 5.41) is 12.8. The highest BCUT2D eigenvalue weighted by Crippen LogP contribution is 2.21. The van der Waals surface area contributed by atoms with Gasteiger partial charge in [-0.05, 0) is 0 Å². The molecule has 0 saturated carbocycles. The van der Waals surface area contributed by atoms with Crippen LogP contribution in [0.25, 0.3) is 0 Å². The van der Waals surface area contributed by atoms with Gasteiger partial charge in [0, 0.05) is 11.5 Å². The van der Waals surface area contributed by atoms with Crippen molar-refractivity contribution in [3.63, 3.8) is 0 Å². The number of aryl methyl sites for hydroxylation is 1. The SMILES string of the molecule is O=C(O)c1cnn2c1CSCC2. The quantitative estimate of drug-likeness (QED) is 0.702. The van der Waals surface area contributed by atoms with Gasteiger partial charge in [0.25, 0.3) is 0 Å². The molecule has 5 heteroatoms. The van der Waals surface area contributed by atoms with Crippen LogP contribution >= 0.6 is 11.8 Å². The molecule has 1 aliphatic heterocycles. The van der Waals surface area contributed by atoms with Gasteiger partial charge in [-0.2, -0.15) is 16.9 Å². The number of hydrogen-bond acceptors (Lipinski definition) is 3. The van der Waals surface area contributed by atoms with Crippen molar-refractivity contribution in [3.8, 4) is 0 Å². The molecule has 4 nitrogen and oxygen atoms in total. The number of carboxylic acid groups (broad SMARTS) is 1. The molecule has 0 bridgehead atoms. The summed E-state index contributed by atoms with van der Waals surface area (Å²) in [6.45, 7) is 0.827. The Morgan fingerprint density at radius 1 is 1.75 bits per heavy atom. The third-order valence-corrected chi connectivity index (χ3v) is 2.81. The Morgan fingerprint density at radius 3 is 3.33 bits per heavy atom. The summed E-state index contributed by atoms with van der Waals surface area (Å²) in [5.74, 6) is 0.911. The van der Waals surface area contributed by atoms with Gasteiger partial charge in [0.1, 0.15) is 5.56 Å². The number of carboxylic acids is 1. The van der Waals surface area contributed by atoms with E-state index in [0.717, 1.165) is 23.7 Å². The maximum atomic E-state index is 10.7. The number of aromatic nitrogens is 2. The van der Waals surface area contributed by atoms with Crippen molar-refractivity contribution in [1.82, 2.24) is 9.78 Å². The maximum Gasteiger partial charge on any atom is 0.339 e. The average Bonchev–Trinajstić information content (AvgIpc) is 2.47. The van der Waals surface area contributed by atoms with E-state index in [1.807, 2.05) is 0 Å². The molecule has 12 heavy (non-hydrogen) atoms. The van der Waals surface area contributed by atoms with Gasteiger partial charge < -0.3 is 5.11 Å². The van der Waals surface area contributed by atoms with E-state index in [4.69, 9.17) is 5.11 Å². The lowest BCUT2D eigenvalue weighted by Crippen LogP contribution is -2.13. The fourth-order valence-corrected chi connectivity index (χ4v) is 2.20. The second-order valence-corrected chi connectivity index (χ2v) is 3.69. The van der Waals surface area contributed by atoms with Crippen molar-refractivity contribution in [3.05, 3.63) is 17.5 Å². The zero-order chi connectivity index (χ0) is 8.55. The molecular weight excluding hydrogens is 176 g/mol. The number of rotatable bonds is 1.